The molecule has 0 radical (unpaired) electrons. The average Bonchev–Trinajstić information content (AvgIpc) is 2.80. The summed E-state index contributed by atoms with van der Waals surface area (Å²) >= 11 is 11.2. The first kappa shape index (κ1) is 12.4. The number of halogens is 1. The number of likely N-dealkylation sites (tertiary alicyclic amines) is 1. The minimum atomic E-state index is -0.570. The Morgan fingerprint density at radius 3 is 2.79 bits per heavy atom. The van der Waals surface area contributed by atoms with E-state index >= 15 is 0 Å². The van der Waals surface area contributed by atoms with Gasteiger partial charge in [-0.15, -0.1) is 0 Å². The van der Waals surface area contributed by atoms with Gasteiger partial charge < -0.3 is 9.55 Å². The van der Waals surface area contributed by atoms with Crippen LogP contribution < -0.4 is 0 Å². The zero-order valence-electron chi connectivity index (χ0n) is 10.0. The first-order valence-corrected chi connectivity index (χ1v) is 6.48. The number of H-pyrrole nitrogens is 1. The van der Waals surface area contributed by atoms with E-state index in [1.807, 2.05) is 0 Å². The highest BCUT2D eigenvalue weighted by Crippen LogP contribution is 2.29. The molecule has 1 aliphatic heterocycles. The maximum atomic E-state index is 12.1. The number of aromatic amines is 1. The number of hydrogen-bond acceptors (Lipinski definition) is 3. The Labute approximate surface area is 118 Å². The van der Waals surface area contributed by atoms with Crippen LogP contribution in [0.2, 0.25) is 5.02 Å². The van der Waals surface area contributed by atoms with Crippen LogP contribution in [0.25, 0.3) is 11.0 Å². The summed E-state index contributed by atoms with van der Waals surface area (Å²) in [6.07, 6.45) is 0.138. The Hall–Kier alpha value is -1.66. The zero-order valence-corrected chi connectivity index (χ0v) is 11.6. The molecule has 1 aliphatic rings. The number of carbonyl (C=O) groups excluding carboxylic acids is 2. The van der Waals surface area contributed by atoms with Gasteiger partial charge >= 0.3 is 0 Å². The van der Waals surface area contributed by atoms with E-state index in [0.717, 1.165) is 15.9 Å². The lowest BCUT2D eigenvalue weighted by Gasteiger charge is -2.11. The van der Waals surface area contributed by atoms with Crippen LogP contribution in [0.1, 0.15) is 12.5 Å². The van der Waals surface area contributed by atoms with E-state index in [0.29, 0.717) is 9.79 Å². The van der Waals surface area contributed by atoms with Crippen molar-refractivity contribution in [1.82, 2.24) is 14.5 Å². The van der Waals surface area contributed by atoms with Crippen LogP contribution in [0.3, 0.4) is 0 Å². The highest BCUT2D eigenvalue weighted by molar-refractivity contribution is 7.71. The number of rotatable bonds is 1. The average molecular weight is 296 g/mol. The van der Waals surface area contributed by atoms with Crippen LogP contribution >= 0.6 is 23.8 Å². The number of fused-ring (bicyclic) bond motifs is 1. The van der Waals surface area contributed by atoms with E-state index in [2.05, 4.69) is 4.98 Å². The predicted molar refractivity (Wildman–Crippen MR) is 73.6 cm³/mol. The topological polar surface area (TPSA) is 58.1 Å². The first-order chi connectivity index (χ1) is 8.99. The summed E-state index contributed by atoms with van der Waals surface area (Å²) in [5.41, 5.74) is 1.53. The van der Waals surface area contributed by atoms with Crippen molar-refractivity contribution in [2.45, 2.75) is 12.5 Å². The number of nitrogens with zero attached hydrogens (tertiary/aromatic N) is 2. The molecule has 1 N–H and O–H groups in total. The standard InChI is InChI=1S/C12H10ClN3O2S/c1-15-10(17)5-9(11(15)18)16-8-3-2-6(13)4-7(8)14-12(16)19/h2-4,9H,5H2,1H3,(H,14,19). The first-order valence-electron chi connectivity index (χ1n) is 5.69. The third-order valence-corrected chi connectivity index (χ3v) is 3.88. The van der Waals surface area contributed by atoms with Crippen LogP contribution in [0.5, 0.6) is 0 Å². The summed E-state index contributed by atoms with van der Waals surface area (Å²) in [4.78, 5) is 27.8. The number of likely N-dealkylation sites (N-methyl/N-ethyl adjacent to an activating group) is 1. The summed E-state index contributed by atoms with van der Waals surface area (Å²) in [6, 6.07) is 4.70. The number of aromatic nitrogens is 2. The third-order valence-electron chi connectivity index (χ3n) is 3.35. The van der Waals surface area contributed by atoms with Crippen molar-refractivity contribution in [3.8, 4) is 0 Å². The predicted octanol–water partition coefficient (Wildman–Crippen LogP) is 2.28. The van der Waals surface area contributed by atoms with E-state index in [9.17, 15) is 9.59 Å². The van der Waals surface area contributed by atoms with Gasteiger partial charge in [0.1, 0.15) is 6.04 Å². The molecule has 2 aromatic rings. The number of amides is 2. The van der Waals surface area contributed by atoms with Crippen LogP contribution in [-0.2, 0) is 9.59 Å². The maximum Gasteiger partial charge on any atom is 0.252 e. The summed E-state index contributed by atoms with van der Waals surface area (Å²) in [5, 5.41) is 0.585. The van der Waals surface area contributed by atoms with Gasteiger partial charge in [0.2, 0.25) is 5.91 Å². The highest BCUT2D eigenvalue weighted by atomic mass is 35.5. The molecule has 1 atom stereocenters. The number of imide groups is 1. The van der Waals surface area contributed by atoms with E-state index in [-0.39, 0.29) is 18.2 Å². The third kappa shape index (κ3) is 1.79. The smallest absolute Gasteiger partial charge is 0.252 e. The van der Waals surface area contributed by atoms with Crippen molar-refractivity contribution in [2.24, 2.45) is 0 Å². The second kappa shape index (κ2) is 4.18. The fourth-order valence-corrected chi connectivity index (χ4v) is 2.86. The zero-order chi connectivity index (χ0) is 13.7. The number of carbonyl (C=O) groups is 2. The van der Waals surface area contributed by atoms with Crippen molar-refractivity contribution in [2.75, 3.05) is 7.05 Å². The highest BCUT2D eigenvalue weighted by Gasteiger charge is 2.38. The Morgan fingerprint density at radius 1 is 1.42 bits per heavy atom. The van der Waals surface area contributed by atoms with Crippen molar-refractivity contribution in [3.63, 3.8) is 0 Å². The van der Waals surface area contributed by atoms with Crippen LogP contribution in [0.15, 0.2) is 18.2 Å². The quantitative estimate of drug-likeness (QED) is 0.648. The molecule has 0 saturated carbocycles. The molecule has 19 heavy (non-hydrogen) atoms. The molecule has 1 aromatic carbocycles. The summed E-state index contributed by atoms with van der Waals surface area (Å²) in [6.45, 7) is 0. The van der Waals surface area contributed by atoms with Gasteiger partial charge in [0.05, 0.1) is 17.5 Å². The summed E-state index contributed by atoms with van der Waals surface area (Å²) < 4.78 is 2.10. The number of imidazole rings is 1. The Morgan fingerprint density at radius 2 is 2.16 bits per heavy atom. The molecule has 98 valence electrons. The lowest BCUT2D eigenvalue weighted by Crippen LogP contribution is -2.26. The van der Waals surface area contributed by atoms with Crippen LogP contribution in [-0.4, -0.2) is 33.3 Å². The van der Waals surface area contributed by atoms with E-state index in [4.69, 9.17) is 23.8 Å². The minimum Gasteiger partial charge on any atom is -0.331 e. The molecule has 2 amide bonds. The van der Waals surface area contributed by atoms with Gasteiger partial charge in [-0.05, 0) is 30.4 Å². The van der Waals surface area contributed by atoms with Crippen molar-refractivity contribution < 1.29 is 9.59 Å². The normalized spacial score (nSPS) is 19.7. The van der Waals surface area contributed by atoms with Crippen molar-refractivity contribution in [3.05, 3.63) is 28.0 Å². The van der Waals surface area contributed by atoms with Crippen LogP contribution in [0.4, 0.5) is 0 Å². The molecule has 0 bridgehead atoms. The molecule has 0 aliphatic carbocycles. The maximum absolute atomic E-state index is 12.1. The number of hydrogen-bond donors (Lipinski definition) is 1. The Balaban J connectivity index is 2.21. The Bertz CT molecular complexity index is 764. The molecule has 1 unspecified atom stereocenters. The molecule has 1 aromatic heterocycles. The lowest BCUT2D eigenvalue weighted by molar-refractivity contribution is -0.137. The summed E-state index contributed by atoms with van der Waals surface area (Å²) in [5.74, 6) is -0.433. The fraction of sp³-hybridized carbons (Fsp3) is 0.250. The van der Waals surface area contributed by atoms with Gasteiger partial charge in [-0.1, -0.05) is 11.6 Å². The Kier molecular flexibility index (Phi) is 2.72. The number of benzene rings is 1. The number of nitrogens with one attached hydrogen (secondary N) is 1. The van der Waals surface area contributed by atoms with Gasteiger partial charge in [0.15, 0.2) is 4.77 Å². The minimum absolute atomic E-state index is 0.138. The van der Waals surface area contributed by atoms with Gasteiger partial charge in [-0.3, -0.25) is 14.5 Å². The molecule has 7 heteroatoms. The fourth-order valence-electron chi connectivity index (χ4n) is 2.35. The van der Waals surface area contributed by atoms with Gasteiger partial charge in [0, 0.05) is 12.1 Å². The second-order valence-electron chi connectivity index (χ2n) is 4.47. The molecule has 2 heterocycles. The van der Waals surface area contributed by atoms with E-state index < -0.39 is 6.04 Å². The van der Waals surface area contributed by atoms with Gasteiger partial charge in [-0.25, -0.2) is 0 Å². The van der Waals surface area contributed by atoms with Crippen molar-refractivity contribution in [1.29, 1.82) is 0 Å². The lowest BCUT2D eigenvalue weighted by atomic mass is 10.2. The molecule has 5 nitrogen and oxygen atoms in total. The molecule has 1 fully saturated rings. The van der Waals surface area contributed by atoms with E-state index in [1.54, 1.807) is 22.8 Å². The summed E-state index contributed by atoms with van der Waals surface area (Å²) in [7, 11) is 1.49. The van der Waals surface area contributed by atoms with Crippen molar-refractivity contribution >= 4 is 46.7 Å². The molecule has 3 rings (SSSR count). The van der Waals surface area contributed by atoms with Gasteiger partial charge in [0.25, 0.3) is 5.91 Å². The SMILES string of the molecule is CN1C(=O)CC(n2c(=S)[nH]c3cc(Cl)ccc32)C1=O. The van der Waals surface area contributed by atoms with Gasteiger partial charge in [-0.2, -0.15) is 0 Å². The van der Waals surface area contributed by atoms with Crippen LogP contribution in [0, 0.1) is 4.77 Å². The second-order valence-corrected chi connectivity index (χ2v) is 5.30. The molecular weight excluding hydrogens is 286 g/mol. The monoisotopic (exact) mass is 295 g/mol. The largest absolute Gasteiger partial charge is 0.331 e. The van der Waals surface area contributed by atoms with E-state index in [1.165, 1.54) is 7.05 Å². The molecule has 0 spiro atoms. The molecular formula is C12H10ClN3O2S. The molecule has 1 saturated heterocycles.